The lowest BCUT2D eigenvalue weighted by Crippen LogP contribution is -2.46. The summed E-state index contributed by atoms with van der Waals surface area (Å²) in [6.45, 7) is 0. The molecule has 22 heavy (non-hydrogen) atoms. The van der Waals surface area contributed by atoms with E-state index in [1.54, 1.807) is 13.3 Å². The van der Waals surface area contributed by atoms with Gasteiger partial charge in [-0.15, -0.1) is 0 Å². The molecule has 1 saturated carbocycles. The minimum Gasteiger partial charge on any atom is -0.497 e. The predicted octanol–water partition coefficient (Wildman–Crippen LogP) is 3.87. The quantitative estimate of drug-likeness (QED) is 0.931. The van der Waals surface area contributed by atoms with Crippen LogP contribution in [0.25, 0.3) is 0 Å². The largest absolute Gasteiger partial charge is 0.497 e. The van der Waals surface area contributed by atoms with E-state index in [9.17, 15) is 0 Å². The second kappa shape index (κ2) is 6.49. The normalized spacial score (nSPS) is 18.6. The highest BCUT2D eigenvalue weighted by Gasteiger charge is 2.39. The number of ether oxygens (including phenoxy) is 1. The summed E-state index contributed by atoms with van der Waals surface area (Å²) >= 11 is 0. The molecule has 2 N–H and O–H groups in total. The van der Waals surface area contributed by atoms with Crippen molar-refractivity contribution in [2.45, 2.75) is 37.6 Å². The fourth-order valence-corrected chi connectivity index (χ4v) is 3.67. The zero-order valence-corrected chi connectivity index (χ0v) is 13.2. The van der Waals surface area contributed by atoms with Crippen LogP contribution in [0.1, 0.15) is 43.2 Å². The van der Waals surface area contributed by atoms with Crippen LogP contribution in [0.3, 0.4) is 0 Å². The first-order chi connectivity index (χ1) is 10.7. The molecule has 0 aliphatic heterocycles. The van der Waals surface area contributed by atoms with Gasteiger partial charge in [0.25, 0.3) is 0 Å². The molecule has 0 spiro atoms. The van der Waals surface area contributed by atoms with Gasteiger partial charge in [0.1, 0.15) is 5.75 Å². The van der Waals surface area contributed by atoms with E-state index in [1.807, 2.05) is 24.4 Å². The fourth-order valence-electron chi connectivity index (χ4n) is 3.67. The first-order valence-electron chi connectivity index (χ1n) is 8.09. The van der Waals surface area contributed by atoms with Gasteiger partial charge in [-0.3, -0.25) is 4.98 Å². The Bertz CT molecular complexity index is 591. The SMILES string of the molecule is COc1ccc(C(N)(c2cccnc2)C2CCCCC2)cc1. The van der Waals surface area contributed by atoms with E-state index in [0.717, 1.165) is 16.9 Å². The summed E-state index contributed by atoms with van der Waals surface area (Å²) in [6.07, 6.45) is 9.93. The monoisotopic (exact) mass is 296 g/mol. The second-order valence-corrected chi connectivity index (χ2v) is 6.17. The van der Waals surface area contributed by atoms with Crippen LogP contribution in [-0.2, 0) is 5.54 Å². The third-order valence-electron chi connectivity index (χ3n) is 4.96. The lowest BCUT2D eigenvalue weighted by Gasteiger charge is -2.40. The maximum Gasteiger partial charge on any atom is 0.118 e. The number of nitrogens with zero attached hydrogens (tertiary/aromatic N) is 1. The standard InChI is InChI=1S/C19H24N2O/c1-22-18-11-9-16(10-12-18)19(20,15-6-3-2-4-7-15)17-8-5-13-21-14-17/h5,8-15H,2-4,6-7,20H2,1H3. The van der Waals surface area contributed by atoms with Crippen molar-refractivity contribution >= 4 is 0 Å². The second-order valence-electron chi connectivity index (χ2n) is 6.17. The number of hydrogen-bond acceptors (Lipinski definition) is 3. The Morgan fingerprint density at radius 1 is 1.05 bits per heavy atom. The van der Waals surface area contributed by atoms with Crippen LogP contribution in [0.15, 0.2) is 48.8 Å². The van der Waals surface area contributed by atoms with Crippen LogP contribution in [0.2, 0.25) is 0 Å². The summed E-state index contributed by atoms with van der Waals surface area (Å²) in [5, 5.41) is 0. The summed E-state index contributed by atoms with van der Waals surface area (Å²) in [5.74, 6) is 1.32. The summed E-state index contributed by atoms with van der Waals surface area (Å²) in [5.41, 5.74) is 8.81. The maximum absolute atomic E-state index is 7.03. The zero-order valence-electron chi connectivity index (χ0n) is 13.2. The molecule has 2 aromatic rings. The van der Waals surface area contributed by atoms with Gasteiger partial charge in [-0.2, -0.15) is 0 Å². The van der Waals surface area contributed by atoms with Gasteiger partial charge in [-0.05, 0) is 48.1 Å². The number of aromatic nitrogens is 1. The smallest absolute Gasteiger partial charge is 0.118 e. The molecule has 1 aliphatic rings. The molecule has 0 bridgehead atoms. The lowest BCUT2D eigenvalue weighted by atomic mass is 9.68. The number of benzene rings is 1. The van der Waals surface area contributed by atoms with E-state index in [1.165, 1.54) is 32.1 Å². The topological polar surface area (TPSA) is 48.1 Å². The Labute approximate surface area is 132 Å². The summed E-state index contributed by atoms with van der Waals surface area (Å²) in [7, 11) is 1.69. The van der Waals surface area contributed by atoms with E-state index < -0.39 is 5.54 Å². The van der Waals surface area contributed by atoms with Gasteiger partial charge in [0.05, 0.1) is 12.6 Å². The summed E-state index contributed by atoms with van der Waals surface area (Å²) < 4.78 is 5.28. The molecular weight excluding hydrogens is 272 g/mol. The van der Waals surface area contributed by atoms with Gasteiger partial charge in [0.15, 0.2) is 0 Å². The Morgan fingerprint density at radius 2 is 1.77 bits per heavy atom. The first-order valence-corrected chi connectivity index (χ1v) is 8.09. The highest BCUT2D eigenvalue weighted by molar-refractivity contribution is 5.40. The zero-order chi connectivity index (χ0) is 15.4. The van der Waals surface area contributed by atoms with Crippen LogP contribution >= 0.6 is 0 Å². The maximum atomic E-state index is 7.03. The van der Waals surface area contributed by atoms with Gasteiger partial charge >= 0.3 is 0 Å². The summed E-state index contributed by atoms with van der Waals surface area (Å²) in [4.78, 5) is 4.30. The first kappa shape index (κ1) is 15.0. The molecule has 1 fully saturated rings. The Balaban J connectivity index is 2.05. The lowest BCUT2D eigenvalue weighted by molar-refractivity contribution is 0.242. The van der Waals surface area contributed by atoms with Crippen LogP contribution in [-0.4, -0.2) is 12.1 Å². The summed E-state index contributed by atoms with van der Waals surface area (Å²) in [6, 6.07) is 12.3. The fraction of sp³-hybridized carbons (Fsp3) is 0.421. The van der Waals surface area contributed by atoms with Crippen molar-refractivity contribution in [1.82, 2.24) is 4.98 Å². The van der Waals surface area contributed by atoms with E-state index in [0.29, 0.717) is 5.92 Å². The highest BCUT2D eigenvalue weighted by atomic mass is 16.5. The number of methoxy groups -OCH3 is 1. The average molecular weight is 296 g/mol. The molecule has 3 heteroatoms. The predicted molar refractivity (Wildman–Crippen MR) is 88.8 cm³/mol. The molecule has 116 valence electrons. The van der Waals surface area contributed by atoms with Crippen LogP contribution < -0.4 is 10.5 Å². The molecule has 0 amide bonds. The van der Waals surface area contributed by atoms with Crippen molar-refractivity contribution in [3.63, 3.8) is 0 Å². The van der Waals surface area contributed by atoms with Crippen molar-refractivity contribution in [2.75, 3.05) is 7.11 Å². The highest BCUT2D eigenvalue weighted by Crippen LogP contribution is 2.42. The third-order valence-corrected chi connectivity index (χ3v) is 4.96. The molecule has 1 unspecified atom stereocenters. The van der Waals surface area contributed by atoms with Gasteiger partial charge < -0.3 is 10.5 Å². The van der Waals surface area contributed by atoms with Crippen LogP contribution in [0.5, 0.6) is 5.75 Å². The minimum absolute atomic E-state index is 0.457. The Morgan fingerprint density at radius 3 is 2.36 bits per heavy atom. The van der Waals surface area contributed by atoms with Crippen LogP contribution in [0.4, 0.5) is 0 Å². The van der Waals surface area contributed by atoms with Crippen molar-refractivity contribution in [3.8, 4) is 5.75 Å². The molecule has 1 aromatic carbocycles. The molecule has 1 aromatic heterocycles. The molecule has 0 radical (unpaired) electrons. The van der Waals surface area contributed by atoms with E-state index in [4.69, 9.17) is 10.5 Å². The van der Waals surface area contributed by atoms with Crippen molar-refractivity contribution < 1.29 is 4.74 Å². The van der Waals surface area contributed by atoms with Crippen molar-refractivity contribution in [2.24, 2.45) is 11.7 Å². The molecule has 3 nitrogen and oxygen atoms in total. The Hall–Kier alpha value is -1.87. The average Bonchev–Trinajstić information content (AvgIpc) is 2.62. The molecular formula is C19H24N2O. The molecule has 1 heterocycles. The molecule has 3 rings (SSSR count). The van der Waals surface area contributed by atoms with Crippen LogP contribution in [0, 0.1) is 5.92 Å². The Kier molecular flexibility index (Phi) is 4.44. The van der Waals surface area contributed by atoms with E-state index in [2.05, 4.69) is 23.2 Å². The molecule has 1 aliphatic carbocycles. The number of nitrogens with two attached hydrogens (primary N) is 1. The van der Waals surface area contributed by atoms with Gasteiger partial charge in [0.2, 0.25) is 0 Å². The van der Waals surface area contributed by atoms with Gasteiger partial charge in [-0.1, -0.05) is 37.5 Å². The van der Waals surface area contributed by atoms with E-state index >= 15 is 0 Å². The number of rotatable bonds is 4. The minimum atomic E-state index is -0.471. The van der Waals surface area contributed by atoms with Crippen molar-refractivity contribution in [1.29, 1.82) is 0 Å². The van der Waals surface area contributed by atoms with E-state index in [-0.39, 0.29) is 0 Å². The third kappa shape index (κ3) is 2.73. The molecule has 0 saturated heterocycles. The number of pyridine rings is 1. The van der Waals surface area contributed by atoms with Crippen molar-refractivity contribution in [3.05, 3.63) is 59.9 Å². The number of hydrogen-bond donors (Lipinski definition) is 1. The molecule has 1 atom stereocenters. The van der Waals surface area contributed by atoms with Gasteiger partial charge in [-0.25, -0.2) is 0 Å². The van der Waals surface area contributed by atoms with Gasteiger partial charge in [0, 0.05) is 12.4 Å².